The van der Waals surface area contributed by atoms with Crippen LogP contribution in [-0.2, 0) is 9.53 Å². The molecule has 0 aromatic rings. The van der Waals surface area contributed by atoms with Gasteiger partial charge in [0.15, 0.2) is 0 Å². The van der Waals surface area contributed by atoms with Crippen molar-refractivity contribution in [1.82, 2.24) is 0 Å². The minimum absolute atomic E-state index is 0.0918. The Morgan fingerprint density at radius 2 is 2.14 bits per heavy atom. The molecule has 0 saturated heterocycles. The average molecular weight is 199 g/mol. The maximum Gasteiger partial charge on any atom is 0.310 e. The van der Waals surface area contributed by atoms with Crippen LogP contribution in [0.2, 0.25) is 0 Å². The van der Waals surface area contributed by atoms with Gasteiger partial charge in [0.05, 0.1) is 5.92 Å². The molecular formula is C11H21NO2. The molecule has 82 valence electrons. The van der Waals surface area contributed by atoms with E-state index >= 15 is 0 Å². The van der Waals surface area contributed by atoms with Gasteiger partial charge in [0.1, 0.15) is 6.10 Å². The topological polar surface area (TPSA) is 52.3 Å². The van der Waals surface area contributed by atoms with Crippen molar-refractivity contribution < 1.29 is 9.53 Å². The number of rotatable bonds is 5. The fourth-order valence-corrected chi connectivity index (χ4v) is 1.61. The van der Waals surface area contributed by atoms with E-state index in [0.29, 0.717) is 12.5 Å². The fourth-order valence-electron chi connectivity index (χ4n) is 1.61. The number of carbonyl (C=O) groups is 1. The number of hydrogen-bond acceptors (Lipinski definition) is 3. The first-order chi connectivity index (χ1) is 6.63. The summed E-state index contributed by atoms with van der Waals surface area (Å²) in [4.78, 5) is 11.6. The Balaban J connectivity index is 2.30. The van der Waals surface area contributed by atoms with Crippen molar-refractivity contribution in [3.63, 3.8) is 0 Å². The first-order valence-corrected chi connectivity index (χ1v) is 5.54. The Hall–Kier alpha value is -0.570. The van der Waals surface area contributed by atoms with E-state index in [-0.39, 0.29) is 18.0 Å². The summed E-state index contributed by atoms with van der Waals surface area (Å²) in [6.45, 7) is 4.60. The van der Waals surface area contributed by atoms with Gasteiger partial charge in [-0.05, 0) is 31.6 Å². The van der Waals surface area contributed by atoms with Gasteiger partial charge in [0.2, 0.25) is 0 Å². The number of ether oxygens (including phenoxy) is 1. The van der Waals surface area contributed by atoms with Crippen LogP contribution in [0, 0.1) is 11.8 Å². The number of esters is 1. The molecular weight excluding hydrogens is 178 g/mol. The first kappa shape index (κ1) is 11.5. The van der Waals surface area contributed by atoms with Gasteiger partial charge in [-0.2, -0.15) is 0 Å². The van der Waals surface area contributed by atoms with Crippen molar-refractivity contribution in [2.24, 2.45) is 17.6 Å². The van der Waals surface area contributed by atoms with Crippen LogP contribution in [0.4, 0.5) is 0 Å². The molecule has 1 aliphatic rings. The molecule has 1 rings (SSSR count). The predicted octanol–water partition coefficient (Wildman–Crippen LogP) is 1.70. The zero-order valence-electron chi connectivity index (χ0n) is 9.16. The third-order valence-corrected chi connectivity index (χ3v) is 2.71. The van der Waals surface area contributed by atoms with Crippen molar-refractivity contribution >= 4 is 5.97 Å². The lowest BCUT2D eigenvalue weighted by molar-refractivity contribution is -0.158. The molecule has 1 saturated carbocycles. The van der Waals surface area contributed by atoms with Gasteiger partial charge in [-0.15, -0.1) is 0 Å². The van der Waals surface area contributed by atoms with E-state index in [4.69, 9.17) is 10.5 Å². The van der Waals surface area contributed by atoms with Gasteiger partial charge in [-0.1, -0.05) is 13.8 Å². The van der Waals surface area contributed by atoms with Gasteiger partial charge in [-0.3, -0.25) is 4.79 Å². The van der Waals surface area contributed by atoms with E-state index in [9.17, 15) is 4.79 Å². The summed E-state index contributed by atoms with van der Waals surface area (Å²) in [5, 5.41) is 0. The second kappa shape index (κ2) is 5.35. The first-order valence-electron chi connectivity index (χ1n) is 5.54. The SMILES string of the molecule is CC(C)CC(CN)C(=O)OC1CCC1. The van der Waals surface area contributed by atoms with Crippen LogP contribution in [0.1, 0.15) is 39.5 Å². The van der Waals surface area contributed by atoms with Crippen LogP contribution in [0.25, 0.3) is 0 Å². The van der Waals surface area contributed by atoms with Gasteiger partial charge < -0.3 is 10.5 Å². The predicted molar refractivity (Wildman–Crippen MR) is 55.7 cm³/mol. The molecule has 0 aromatic carbocycles. The second-order valence-electron chi connectivity index (χ2n) is 4.55. The third kappa shape index (κ3) is 3.29. The van der Waals surface area contributed by atoms with E-state index in [1.165, 1.54) is 6.42 Å². The van der Waals surface area contributed by atoms with Crippen LogP contribution < -0.4 is 5.73 Å². The second-order valence-corrected chi connectivity index (χ2v) is 4.55. The molecule has 0 bridgehead atoms. The van der Waals surface area contributed by atoms with Crippen molar-refractivity contribution in [1.29, 1.82) is 0 Å². The zero-order chi connectivity index (χ0) is 10.6. The maximum absolute atomic E-state index is 11.6. The van der Waals surface area contributed by atoms with Crippen molar-refractivity contribution in [3.05, 3.63) is 0 Å². The summed E-state index contributed by atoms with van der Waals surface area (Å²) in [5.74, 6) is 0.305. The van der Waals surface area contributed by atoms with Crippen LogP contribution >= 0.6 is 0 Å². The molecule has 3 heteroatoms. The molecule has 0 aliphatic heterocycles. The van der Waals surface area contributed by atoms with Gasteiger partial charge in [0, 0.05) is 6.54 Å². The Labute approximate surface area is 86.0 Å². The number of hydrogen-bond donors (Lipinski definition) is 1. The molecule has 2 N–H and O–H groups in total. The molecule has 1 unspecified atom stereocenters. The van der Waals surface area contributed by atoms with Crippen molar-refractivity contribution in [2.45, 2.75) is 45.6 Å². The summed E-state index contributed by atoms with van der Waals surface area (Å²) < 4.78 is 5.32. The van der Waals surface area contributed by atoms with Gasteiger partial charge >= 0.3 is 5.97 Å². The molecule has 1 fully saturated rings. The molecule has 0 heterocycles. The quantitative estimate of drug-likeness (QED) is 0.686. The summed E-state index contributed by atoms with van der Waals surface area (Å²) in [5.41, 5.74) is 5.56. The molecule has 0 aromatic heterocycles. The summed E-state index contributed by atoms with van der Waals surface area (Å²) in [6.07, 6.45) is 4.27. The van der Waals surface area contributed by atoms with E-state index < -0.39 is 0 Å². The Morgan fingerprint density at radius 1 is 1.50 bits per heavy atom. The van der Waals surface area contributed by atoms with E-state index in [0.717, 1.165) is 19.3 Å². The van der Waals surface area contributed by atoms with Crippen LogP contribution in [-0.4, -0.2) is 18.6 Å². The van der Waals surface area contributed by atoms with Gasteiger partial charge in [-0.25, -0.2) is 0 Å². The Morgan fingerprint density at radius 3 is 2.50 bits per heavy atom. The molecule has 14 heavy (non-hydrogen) atoms. The minimum Gasteiger partial charge on any atom is -0.462 e. The molecule has 0 radical (unpaired) electrons. The summed E-state index contributed by atoms with van der Waals surface area (Å²) >= 11 is 0. The van der Waals surface area contributed by atoms with Crippen LogP contribution in [0.5, 0.6) is 0 Å². The largest absolute Gasteiger partial charge is 0.462 e. The maximum atomic E-state index is 11.6. The molecule has 0 amide bonds. The van der Waals surface area contributed by atoms with Crippen LogP contribution in [0.3, 0.4) is 0 Å². The zero-order valence-corrected chi connectivity index (χ0v) is 9.16. The normalized spacial score (nSPS) is 19.1. The Kier molecular flexibility index (Phi) is 4.39. The highest BCUT2D eigenvalue weighted by Gasteiger charge is 2.26. The molecule has 3 nitrogen and oxygen atoms in total. The molecule has 1 atom stereocenters. The monoisotopic (exact) mass is 199 g/mol. The van der Waals surface area contributed by atoms with E-state index in [1.54, 1.807) is 0 Å². The van der Waals surface area contributed by atoms with Crippen molar-refractivity contribution in [2.75, 3.05) is 6.54 Å². The smallest absolute Gasteiger partial charge is 0.310 e. The molecule has 0 spiro atoms. The average Bonchev–Trinajstić information content (AvgIpc) is 2.06. The third-order valence-electron chi connectivity index (χ3n) is 2.71. The fraction of sp³-hybridized carbons (Fsp3) is 0.909. The lowest BCUT2D eigenvalue weighted by atomic mass is 9.94. The highest BCUT2D eigenvalue weighted by molar-refractivity contribution is 5.72. The summed E-state index contributed by atoms with van der Waals surface area (Å²) in [6, 6.07) is 0. The lowest BCUT2D eigenvalue weighted by Crippen LogP contribution is -2.33. The summed E-state index contributed by atoms with van der Waals surface area (Å²) in [7, 11) is 0. The van der Waals surface area contributed by atoms with E-state index in [2.05, 4.69) is 13.8 Å². The minimum atomic E-state index is -0.101. The standard InChI is InChI=1S/C11H21NO2/c1-8(2)6-9(7-12)11(13)14-10-4-3-5-10/h8-10H,3-7,12H2,1-2H3. The molecule has 1 aliphatic carbocycles. The Bertz CT molecular complexity index is 188. The van der Waals surface area contributed by atoms with E-state index in [1.807, 2.05) is 0 Å². The lowest BCUT2D eigenvalue weighted by Gasteiger charge is -2.27. The highest BCUT2D eigenvalue weighted by atomic mass is 16.5. The van der Waals surface area contributed by atoms with Crippen LogP contribution in [0.15, 0.2) is 0 Å². The van der Waals surface area contributed by atoms with Crippen molar-refractivity contribution in [3.8, 4) is 0 Å². The highest BCUT2D eigenvalue weighted by Crippen LogP contribution is 2.24. The van der Waals surface area contributed by atoms with Gasteiger partial charge in [0.25, 0.3) is 0 Å². The number of nitrogens with two attached hydrogens (primary N) is 1. The number of carbonyl (C=O) groups excluding carboxylic acids is 1.